The summed E-state index contributed by atoms with van der Waals surface area (Å²) in [6, 6.07) is 6.48. The van der Waals surface area contributed by atoms with E-state index in [2.05, 4.69) is 10.6 Å². The first-order valence-corrected chi connectivity index (χ1v) is 6.39. The molecule has 0 aliphatic carbocycles. The molecule has 1 fully saturated rings. The topological polar surface area (TPSA) is 84.3 Å². The summed E-state index contributed by atoms with van der Waals surface area (Å²) in [7, 11) is 0. The molecule has 20 heavy (non-hydrogen) atoms. The van der Waals surface area contributed by atoms with Crippen LogP contribution >= 0.6 is 12.4 Å². The summed E-state index contributed by atoms with van der Waals surface area (Å²) >= 11 is 0. The third-order valence-electron chi connectivity index (χ3n) is 3.20. The van der Waals surface area contributed by atoms with Gasteiger partial charge in [-0.25, -0.2) is 0 Å². The average Bonchev–Trinajstić information content (AvgIpc) is 2.40. The number of rotatable bonds is 4. The lowest BCUT2D eigenvalue weighted by Crippen LogP contribution is -2.46. The number of nitro benzene ring substituents is 1. The van der Waals surface area contributed by atoms with Crippen molar-refractivity contribution in [3.8, 4) is 0 Å². The Morgan fingerprint density at radius 2 is 2.20 bits per heavy atom. The molecule has 1 aliphatic heterocycles. The van der Waals surface area contributed by atoms with Crippen molar-refractivity contribution in [1.29, 1.82) is 0 Å². The quantitative estimate of drug-likeness (QED) is 0.650. The number of nitrogens with zero attached hydrogens (tertiary/aromatic N) is 1. The summed E-state index contributed by atoms with van der Waals surface area (Å²) < 4.78 is 0. The number of hydrogen-bond donors (Lipinski definition) is 2. The van der Waals surface area contributed by atoms with E-state index in [1.807, 2.05) is 0 Å². The minimum absolute atomic E-state index is 0. The maximum Gasteiger partial charge on any atom is 0.273 e. The number of amides is 1. The summed E-state index contributed by atoms with van der Waals surface area (Å²) in [6.45, 7) is 1.75. The van der Waals surface area contributed by atoms with Crippen LogP contribution in [-0.2, 0) is 11.2 Å². The summed E-state index contributed by atoms with van der Waals surface area (Å²) in [5.74, 6) is -0.164. The molecule has 1 atom stereocenters. The van der Waals surface area contributed by atoms with Crippen molar-refractivity contribution in [3.63, 3.8) is 0 Å². The van der Waals surface area contributed by atoms with Gasteiger partial charge in [0, 0.05) is 24.2 Å². The maximum atomic E-state index is 11.9. The van der Waals surface area contributed by atoms with Gasteiger partial charge in [-0.2, -0.15) is 0 Å². The summed E-state index contributed by atoms with van der Waals surface area (Å²) in [5.41, 5.74) is 0.452. The van der Waals surface area contributed by atoms with Crippen LogP contribution in [0.4, 0.5) is 5.69 Å². The SMILES string of the molecule is Cl.O=C(Cc1ccccc1[N+](=O)[O-])N[C@@H]1CCCNC1. The van der Waals surface area contributed by atoms with Crippen LogP contribution in [-0.4, -0.2) is 30.0 Å². The highest BCUT2D eigenvalue weighted by molar-refractivity contribution is 5.85. The number of hydrogen-bond acceptors (Lipinski definition) is 4. The molecule has 1 saturated heterocycles. The molecule has 2 N–H and O–H groups in total. The third kappa shape index (κ3) is 4.47. The van der Waals surface area contributed by atoms with Crippen molar-refractivity contribution >= 4 is 24.0 Å². The number of benzene rings is 1. The lowest BCUT2D eigenvalue weighted by atomic mass is 10.1. The minimum atomic E-state index is -0.454. The van der Waals surface area contributed by atoms with Crippen molar-refractivity contribution < 1.29 is 9.72 Å². The molecule has 110 valence electrons. The second kappa shape index (κ2) is 7.81. The van der Waals surface area contributed by atoms with E-state index >= 15 is 0 Å². The fourth-order valence-electron chi connectivity index (χ4n) is 2.27. The third-order valence-corrected chi connectivity index (χ3v) is 3.20. The first-order chi connectivity index (χ1) is 9.16. The van der Waals surface area contributed by atoms with Gasteiger partial charge in [0.05, 0.1) is 11.3 Å². The molecule has 0 radical (unpaired) electrons. The molecule has 0 spiro atoms. The molecule has 1 aromatic rings. The number of carbonyl (C=O) groups is 1. The van der Waals surface area contributed by atoms with E-state index in [-0.39, 0.29) is 36.5 Å². The molecule has 1 aliphatic rings. The van der Waals surface area contributed by atoms with Crippen LogP contribution in [0.5, 0.6) is 0 Å². The number of para-hydroxylation sites is 1. The van der Waals surface area contributed by atoms with Crippen molar-refractivity contribution in [2.24, 2.45) is 0 Å². The Hall–Kier alpha value is -1.66. The summed E-state index contributed by atoms with van der Waals surface area (Å²) in [6.07, 6.45) is 2.04. The van der Waals surface area contributed by atoms with Crippen molar-refractivity contribution in [2.75, 3.05) is 13.1 Å². The molecule has 1 aromatic carbocycles. The van der Waals surface area contributed by atoms with Gasteiger partial charge >= 0.3 is 0 Å². The van der Waals surface area contributed by atoms with Gasteiger partial charge in [-0.3, -0.25) is 14.9 Å². The Bertz CT molecular complexity index is 476. The molecule has 0 aromatic heterocycles. The van der Waals surface area contributed by atoms with Gasteiger partial charge in [-0.1, -0.05) is 18.2 Å². The molecular weight excluding hydrogens is 282 g/mol. The van der Waals surface area contributed by atoms with Crippen LogP contribution in [0.3, 0.4) is 0 Å². The molecule has 2 rings (SSSR count). The number of halogens is 1. The van der Waals surface area contributed by atoms with E-state index in [0.29, 0.717) is 5.56 Å². The normalized spacial score (nSPS) is 17.9. The number of carbonyl (C=O) groups excluding carboxylic acids is 1. The van der Waals surface area contributed by atoms with Gasteiger partial charge in [-0.15, -0.1) is 12.4 Å². The zero-order valence-electron chi connectivity index (χ0n) is 11.0. The number of nitro groups is 1. The fraction of sp³-hybridized carbons (Fsp3) is 0.462. The van der Waals surface area contributed by atoms with Crippen LogP contribution in [0.25, 0.3) is 0 Å². The van der Waals surface area contributed by atoms with Gasteiger partial charge in [-0.05, 0) is 19.4 Å². The van der Waals surface area contributed by atoms with Gasteiger partial charge in [0.15, 0.2) is 0 Å². The van der Waals surface area contributed by atoms with Crippen LogP contribution in [0, 0.1) is 10.1 Å². The highest BCUT2D eigenvalue weighted by atomic mass is 35.5. The second-order valence-corrected chi connectivity index (χ2v) is 4.67. The first-order valence-electron chi connectivity index (χ1n) is 6.39. The molecule has 0 bridgehead atoms. The summed E-state index contributed by atoms with van der Waals surface area (Å²) in [4.78, 5) is 22.3. The van der Waals surface area contributed by atoms with Crippen LogP contribution in [0.2, 0.25) is 0 Å². The maximum absolute atomic E-state index is 11.9. The highest BCUT2D eigenvalue weighted by Crippen LogP contribution is 2.18. The number of piperidine rings is 1. The molecular formula is C13H18ClN3O3. The van der Waals surface area contributed by atoms with Gasteiger partial charge in [0.25, 0.3) is 5.69 Å². The smallest absolute Gasteiger partial charge is 0.273 e. The van der Waals surface area contributed by atoms with Crippen LogP contribution in [0.1, 0.15) is 18.4 Å². The zero-order valence-corrected chi connectivity index (χ0v) is 11.8. The monoisotopic (exact) mass is 299 g/mol. The van der Waals surface area contributed by atoms with Crippen molar-refractivity contribution in [1.82, 2.24) is 10.6 Å². The fourth-order valence-corrected chi connectivity index (χ4v) is 2.27. The second-order valence-electron chi connectivity index (χ2n) is 4.67. The zero-order chi connectivity index (χ0) is 13.7. The average molecular weight is 300 g/mol. The Balaban J connectivity index is 0.00000200. The van der Waals surface area contributed by atoms with E-state index in [9.17, 15) is 14.9 Å². The first kappa shape index (κ1) is 16.4. The van der Waals surface area contributed by atoms with Gasteiger partial charge < -0.3 is 10.6 Å². The molecule has 0 saturated carbocycles. The molecule has 1 amide bonds. The van der Waals surface area contributed by atoms with Crippen molar-refractivity contribution in [3.05, 3.63) is 39.9 Å². The Morgan fingerprint density at radius 1 is 1.45 bits per heavy atom. The Kier molecular flexibility index (Phi) is 6.41. The van der Waals surface area contributed by atoms with Crippen LogP contribution in [0.15, 0.2) is 24.3 Å². The van der Waals surface area contributed by atoms with Gasteiger partial charge in [0.1, 0.15) is 0 Å². The molecule has 1 heterocycles. The predicted octanol–water partition coefficient (Wildman–Crippen LogP) is 1.43. The number of nitrogens with one attached hydrogen (secondary N) is 2. The molecule has 6 nitrogen and oxygen atoms in total. The largest absolute Gasteiger partial charge is 0.352 e. The lowest BCUT2D eigenvalue weighted by Gasteiger charge is -2.23. The van der Waals surface area contributed by atoms with Crippen molar-refractivity contribution in [2.45, 2.75) is 25.3 Å². The van der Waals surface area contributed by atoms with E-state index < -0.39 is 4.92 Å². The highest BCUT2D eigenvalue weighted by Gasteiger charge is 2.19. The molecule has 7 heteroatoms. The van der Waals surface area contributed by atoms with Crippen LogP contribution < -0.4 is 10.6 Å². The Labute approximate surface area is 123 Å². The lowest BCUT2D eigenvalue weighted by molar-refractivity contribution is -0.385. The van der Waals surface area contributed by atoms with E-state index in [0.717, 1.165) is 25.9 Å². The predicted molar refractivity (Wildman–Crippen MR) is 78.1 cm³/mol. The van der Waals surface area contributed by atoms with Gasteiger partial charge in [0.2, 0.25) is 5.91 Å². The van der Waals surface area contributed by atoms with E-state index in [1.165, 1.54) is 6.07 Å². The minimum Gasteiger partial charge on any atom is -0.352 e. The van der Waals surface area contributed by atoms with E-state index in [1.54, 1.807) is 18.2 Å². The van der Waals surface area contributed by atoms with E-state index in [4.69, 9.17) is 0 Å². The summed E-state index contributed by atoms with van der Waals surface area (Å²) in [5, 5.41) is 17.0. The Morgan fingerprint density at radius 3 is 2.85 bits per heavy atom. The standard InChI is InChI=1S/C13H17N3O3.ClH/c17-13(15-11-5-3-7-14-9-11)8-10-4-1-2-6-12(10)16(18)19;/h1-2,4,6,11,14H,3,5,7-9H2,(H,15,17);1H/t11-;/m1./s1. The molecule has 0 unspecified atom stereocenters.